The van der Waals surface area contributed by atoms with Crippen molar-refractivity contribution in [3.63, 3.8) is 0 Å². The number of imidazole rings is 1. The first-order valence-corrected chi connectivity index (χ1v) is 12.4. The second-order valence-corrected chi connectivity index (χ2v) is 9.58. The largest absolute Gasteiger partial charge is 0.312 e. The molecule has 0 saturated heterocycles. The average Bonchev–Trinajstić information content (AvgIpc) is 3.55. The van der Waals surface area contributed by atoms with Gasteiger partial charge in [-0.3, -0.25) is 9.78 Å². The zero-order valence-electron chi connectivity index (χ0n) is 19.7. The molecule has 1 aliphatic carbocycles. The summed E-state index contributed by atoms with van der Waals surface area (Å²) in [5.74, 6) is 0.831. The molecule has 0 bridgehead atoms. The monoisotopic (exact) mass is 463 g/mol. The molecule has 4 aromatic heterocycles. The molecule has 1 N–H and O–H groups in total. The number of rotatable bonds is 7. The van der Waals surface area contributed by atoms with Gasteiger partial charge >= 0.3 is 0 Å². The van der Waals surface area contributed by atoms with Gasteiger partial charge in [0.25, 0.3) is 5.56 Å². The van der Waals surface area contributed by atoms with Crippen LogP contribution in [0.1, 0.15) is 36.9 Å². The molecule has 0 aliphatic heterocycles. The number of fused-ring (bicyclic) bond motifs is 2. The van der Waals surface area contributed by atoms with Crippen LogP contribution in [0.2, 0.25) is 0 Å². The molecule has 1 aromatic carbocycles. The van der Waals surface area contributed by atoms with E-state index in [0.717, 1.165) is 46.9 Å². The zero-order valence-corrected chi connectivity index (χ0v) is 19.7. The second-order valence-electron chi connectivity index (χ2n) is 9.58. The first-order chi connectivity index (χ1) is 17.2. The van der Waals surface area contributed by atoms with Crippen molar-refractivity contribution in [1.82, 2.24) is 24.3 Å². The molecule has 0 unspecified atom stereocenters. The van der Waals surface area contributed by atoms with E-state index in [-0.39, 0.29) is 5.56 Å². The quantitative estimate of drug-likeness (QED) is 0.367. The maximum atomic E-state index is 13.3. The molecule has 4 heterocycles. The highest BCUT2D eigenvalue weighted by Crippen LogP contribution is 2.26. The third kappa shape index (κ3) is 4.49. The number of nitrogens with zero attached hydrogens (tertiary/aromatic N) is 4. The molecular weight excluding hydrogens is 434 g/mol. The molecule has 0 radical (unpaired) electrons. The van der Waals surface area contributed by atoms with Crippen LogP contribution < -0.4 is 10.9 Å². The van der Waals surface area contributed by atoms with Crippen molar-refractivity contribution in [1.29, 1.82) is 0 Å². The molecule has 0 spiro atoms. The van der Waals surface area contributed by atoms with E-state index < -0.39 is 0 Å². The van der Waals surface area contributed by atoms with Gasteiger partial charge in [-0.15, -0.1) is 0 Å². The minimum atomic E-state index is -0.0540. The smallest absolute Gasteiger partial charge is 0.260 e. The van der Waals surface area contributed by atoms with E-state index >= 15 is 0 Å². The fourth-order valence-corrected chi connectivity index (χ4v) is 5.26. The maximum absolute atomic E-state index is 13.3. The number of nitrogens with one attached hydrogen (secondary N) is 1. The van der Waals surface area contributed by atoms with Crippen molar-refractivity contribution in [3.05, 3.63) is 101 Å². The fourth-order valence-electron chi connectivity index (χ4n) is 5.26. The Bertz CT molecular complexity index is 1530. The minimum absolute atomic E-state index is 0.0540. The predicted molar refractivity (Wildman–Crippen MR) is 139 cm³/mol. The van der Waals surface area contributed by atoms with Crippen molar-refractivity contribution in [3.8, 4) is 11.1 Å². The summed E-state index contributed by atoms with van der Waals surface area (Å²) in [5, 5.41) is 5.14. The van der Waals surface area contributed by atoms with Crippen LogP contribution in [0.4, 0.5) is 0 Å². The topological polar surface area (TPSA) is 64.2 Å². The molecule has 6 heteroatoms. The Morgan fingerprint density at radius 2 is 1.80 bits per heavy atom. The van der Waals surface area contributed by atoms with E-state index in [1.165, 1.54) is 31.2 Å². The van der Waals surface area contributed by atoms with Gasteiger partial charge in [-0.2, -0.15) is 0 Å². The van der Waals surface area contributed by atoms with Crippen LogP contribution in [-0.2, 0) is 13.1 Å². The number of aromatic nitrogens is 4. The highest BCUT2D eigenvalue weighted by molar-refractivity contribution is 5.95. The first kappa shape index (κ1) is 21.7. The lowest BCUT2D eigenvalue weighted by Crippen LogP contribution is -2.20. The lowest BCUT2D eigenvalue weighted by molar-refractivity contribution is 0.489. The van der Waals surface area contributed by atoms with Gasteiger partial charge in [-0.25, -0.2) is 4.98 Å². The van der Waals surface area contributed by atoms with Crippen LogP contribution in [-0.4, -0.2) is 25.5 Å². The Morgan fingerprint density at radius 1 is 0.943 bits per heavy atom. The molecule has 1 saturated carbocycles. The Kier molecular flexibility index (Phi) is 5.88. The minimum Gasteiger partial charge on any atom is -0.312 e. The Hall–Kier alpha value is -3.77. The molecule has 35 heavy (non-hydrogen) atoms. The van der Waals surface area contributed by atoms with Gasteiger partial charge in [0, 0.05) is 43.1 Å². The molecule has 1 aliphatic rings. The fraction of sp³-hybridized carbons (Fsp3) is 0.276. The van der Waals surface area contributed by atoms with Crippen molar-refractivity contribution in [2.75, 3.05) is 6.54 Å². The standard InChI is InChI=1S/C29H29N5O/c35-29-27-17-31-16-26(23-8-2-1-3-9-23)25(27)12-13-33(29)19-24-20-34-18-22(10-11-28(34)32-24)15-30-14-21-6-4-5-7-21/h1-3,8-13,16-18,20-21,30H,4-7,14-15,19H2. The third-order valence-corrected chi connectivity index (χ3v) is 7.12. The van der Waals surface area contributed by atoms with Gasteiger partial charge in [0.15, 0.2) is 0 Å². The highest BCUT2D eigenvalue weighted by Gasteiger charge is 2.14. The molecule has 0 atom stereocenters. The van der Waals surface area contributed by atoms with Gasteiger partial charge in [-0.1, -0.05) is 49.2 Å². The summed E-state index contributed by atoms with van der Waals surface area (Å²) in [7, 11) is 0. The SMILES string of the molecule is O=c1c2cncc(-c3ccccc3)c2ccn1Cc1cn2cc(CNCC3CCCC3)ccc2n1. The number of benzene rings is 1. The van der Waals surface area contributed by atoms with E-state index in [4.69, 9.17) is 4.98 Å². The van der Waals surface area contributed by atoms with Crippen LogP contribution in [0.5, 0.6) is 0 Å². The van der Waals surface area contributed by atoms with Gasteiger partial charge in [0.1, 0.15) is 5.65 Å². The molecular formula is C29H29N5O. The Labute approximate surface area is 204 Å². The first-order valence-electron chi connectivity index (χ1n) is 12.4. The van der Waals surface area contributed by atoms with Crippen molar-refractivity contribution >= 4 is 16.4 Å². The summed E-state index contributed by atoms with van der Waals surface area (Å²) in [6, 6.07) is 16.2. The lowest BCUT2D eigenvalue weighted by Gasteiger charge is -2.10. The summed E-state index contributed by atoms with van der Waals surface area (Å²) in [6.07, 6.45) is 15.0. The summed E-state index contributed by atoms with van der Waals surface area (Å²) in [4.78, 5) is 22.4. The molecule has 6 nitrogen and oxygen atoms in total. The van der Waals surface area contributed by atoms with Crippen LogP contribution in [0.15, 0.2) is 84.3 Å². The number of pyridine rings is 3. The lowest BCUT2D eigenvalue weighted by atomic mass is 10.0. The van der Waals surface area contributed by atoms with E-state index in [1.807, 2.05) is 55.0 Å². The Morgan fingerprint density at radius 3 is 2.66 bits per heavy atom. The molecule has 176 valence electrons. The van der Waals surface area contributed by atoms with E-state index in [2.05, 4.69) is 33.0 Å². The maximum Gasteiger partial charge on any atom is 0.260 e. The molecule has 5 aromatic rings. The molecule has 0 amide bonds. The van der Waals surface area contributed by atoms with Gasteiger partial charge in [0.05, 0.1) is 17.6 Å². The number of hydrogen-bond acceptors (Lipinski definition) is 4. The van der Waals surface area contributed by atoms with Crippen LogP contribution in [0.25, 0.3) is 27.5 Å². The Balaban J connectivity index is 1.23. The van der Waals surface area contributed by atoms with Crippen LogP contribution in [0, 0.1) is 5.92 Å². The van der Waals surface area contributed by atoms with Crippen molar-refractivity contribution < 1.29 is 0 Å². The van der Waals surface area contributed by atoms with E-state index in [9.17, 15) is 4.79 Å². The summed E-state index contributed by atoms with van der Waals surface area (Å²) in [6.45, 7) is 2.38. The zero-order chi connectivity index (χ0) is 23.6. The van der Waals surface area contributed by atoms with E-state index in [0.29, 0.717) is 11.9 Å². The molecule has 6 rings (SSSR count). The average molecular weight is 464 g/mol. The third-order valence-electron chi connectivity index (χ3n) is 7.12. The van der Waals surface area contributed by atoms with Crippen molar-refractivity contribution in [2.24, 2.45) is 5.92 Å². The van der Waals surface area contributed by atoms with E-state index in [1.54, 1.807) is 10.8 Å². The van der Waals surface area contributed by atoms with Gasteiger partial charge < -0.3 is 14.3 Å². The van der Waals surface area contributed by atoms with Crippen molar-refractivity contribution in [2.45, 2.75) is 38.8 Å². The summed E-state index contributed by atoms with van der Waals surface area (Å²) in [5.41, 5.74) is 4.95. The second kappa shape index (κ2) is 9.47. The molecule has 1 fully saturated rings. The summed E-state index contributed by atoms with van der Waals surface area (Å²) >= 11 is 0. The van der Waals surface area contributed by atoms with Crippen LogP contribution in [0.3, 0.4) is 0 Å². The predicted octanol–water partition coefficient (Wildman–Crippen LogP) is 5.04. The van der Waals surface area contributed by atoms with Gasteiger partial charge in [-0.05, 0) is 54.0 Å². The van der Waals surface area contributed by atoms with Gasteiger partial charge in [0.2, 0.25) is 0 Å². The highest BCUT2D eigenvalue weighted by atomic mass is 16.1. The number of hydrogen-bond donors (Lipinski definition) is 1. The van der Waals surface area contributed by atoms with Crippen LogP contribution >= 0.6 is 0 Å². The summed E-state index contributed by atoms with van der Waals surface area (Å²) < 4.78 is 3.77. The normalized spacial score (nSPS) is 14.3.